The zero-order valence-corrected chi connectivity index (χ0v) is 9.80. The molecule has 0 amide bonds. The molecule has 0 aliphatic carbocycles. The maximum absolute atomic E-state index is 11.7. The number of benzene rings is 1. The van der Waals surface area contributed by atoms with Crippen molar-refractivity contribution in [3.8, 4) is 0 Å². The van der Waals surface area contributed by atoms with Gasteiger partial charge in [-0.1, -0.05) is 37.3 Å². The second-order valence-electron chi connectivity index (χ2n) is 4.25. The summed E-state index contributed by atoms with van der Waals surface area (Å²) in [4.78, 5) is 0. The SMILES string of the molecule is CC1CNC(c2ccccc2)CS(=O)C1. The molecule has 15 heavy (non-hydrogen) atoms. The van der Waals surface area contributed by atoms with Crippen molar-refractivity contribution in [2.24, 2.45) is 5.92 Å². The monoisotopic (exact) mass is 223 g/mol. The highest BCUT2D eigenvalue weighted by Crippen LogP contribution is 2.17. The highest BCUT2D eigenvalue weighted by Gasteiger charge is 2.20. The van der Waals surface area contributed by atoms with Gasteiger partial charge < -0.3 is 5.32 Å². The lowest BCUT2D eigenvalue weighted by molar-refractivity contribution is 0.517. The molecule has 1 aromatic carbocycles. The fourth-order valence-corrected chi connectivity index (χ4v) is 3.50. The first-order valence-electron chi connectivity index (χ1n) is 5.39. The normalized spacial score (nSPS) is 32.2. The molecule has 1 heterocycles. The molecule has 0 bridgehead atoms. The highest BCUT2D eigenvalue weighted by molar-refractivity contribution is 7.85. The summed E-state index contributed by atoms with van der Waals surface area (Å²) < 4.78 is 11.7. The summed E-state index contributed by atoms with van der Waals surface area (Å²) in [6, 6.07) is 10.6. The van der Waals surface area contributed by atoms with Crippen molar-refractivity contribution in [2.45, 2.75) is 13.0 Å². The maximum Gasteiger partial charge on any atom is 0.0436 e. The second kappa shape index (κ2) is 4.90. The van der Waals surface area contributed by atoms with Gasteiger partial charge in [0.25, 0.3) is 0 Å². The van der Waals surface area contributed by atoms with E-state index >= 15 is 0 Å². The van der Waals surface area contributed by atoms with E-state index in [1.807, 2.05) is 18.2 Å². The summed E-state index contributed by atoms with van der Waals surface area (Å²) in [5, 5.41) is 3.49. The van der Waals surface area contributed by atoms with Gasteiger partial charge in [0.05, 0.1) is 0 Å². The van der Waals surface area contributed by atoms with E-state index in [9.17, 15) is 4.21 Å². The number of nitrogens with one attached hydrogen (secondary N) is 1. The predicted molar refractivity (Wildman–Crippen MR) is 64.2 cm³/mol. The van der Waals surface area contributed by atoms with Crippen LogP contribution < -0.4 is 5.32 Å². The summed E-state index contributed by atoms with van der Waals surface area (Å²) in [6.07, 6.45) is 0. The molecule has 1 saturated heterocycles. The average Bonchev–Trinajstić information content (AvgIpc) is 2.41. The second-order valence-corrected chi connectivity index (χ2v) is 5.80. The van der Waals surface area contributed by atoms with Crippen LogP contribution in [-0.4, -0.2) is 22.3 Å². The molecule has 1 N–H and O–H groups in total. The van der Waals surface area contributed by atoms with Crippen molar-refractivity contribution in [3.05, 3.63) is 35.9 Å². The fourth-order valence-electron chi connectivity index (χ4n) is 1.93. The van der Waals surface area contributed by atoms with Gasteiger partial charge in [-0.2, -0.15) is 0 Å². The van der Waals surface area contributed by atoms with E-state index in [0.29, 0.717) is 5.92 Å². The van der Waals surface area contributed by atoms with E-state index in [4.69, 9.17) is 0 Å². The summed E-state index contributed by atoms with van der Waals surface area (Å²) in [7, 11) is -0.681. The Balaban J connectivity index is 2.13. The smallest absolute Gasteiger partial charge is 0.0436 e. The van der Waals surface area contributed by atoms with Crippen LogP contribution in [0.25, 0.3) is 0 Å². The van der Waals surface area contributed by atoms with E-state index < -0.39 is 10.8 Å². The van der Waals surface area contributed by atoms with E-state index in [-0.39, 0.29) is 6.04 Å². The first-order valence-corrected chi connectivity index (χ1v) is 6.88. The number of hydrogen-bond donors (Lipinski definition) is 1. The van der Waals surface area contributed by atoms with Crippen LogP contribution in [0, 0.1) is 5.92 Å². The van der Waals surface area contributed by atoms with Crippen LogP contribution in [0.4, 0.5) is 0 Å². The quantitative estimate of drug-likeness (QED) is 0.785. The molecule has 0 spiro atoms. The Labute approximate surface area is 93.5 Å². The zero-order valence-electron chi connectivity index (χ0n) is 8.98. The van der Waals surface area contributed by atoms with Crippen molar-refractivity contribution in [1.82, 2.24) is 5.32 Å². The number of hydrogen-bond acceptors (Lipinski definition) is 2. The zero-order chi connectivity index (χ0) is 10.7. The van der Waals surface area contributed by atoms with Gasteiger partial charge in [-0.3, -0.25) is 4.21 Å². The van der Waals surface area contributed by atoms with Crippen molar-refractivity contribution >= 4 is 10.8 Å². The van der Waals surface area contributed by atoms with Crippen molar-refractivity contribution in [1.29, 1.82) is 0 Å². The van der Waals surface area contributed by atoms with Crippen LogP contribution in [0.2, 0.25) is 0 Å². The Hall–Kier alpha value is -0.670. The molecule has 2 rings (SSSR count). The van der Waals surface area contributed by atoms with Crippen molar-refractivity contribution in [2.75, 3.05) is 18.1 Å². The first kappa shape index (κ1) is 10.8. The number of rotatable bonds is 1. The van der Waals surface area contributed by atoms with E-state index in [1.165, 1.54) is 5.56 Å². The average molecular weight is 223 g/mol. The maximum atomic E-state index is 11.7. The first-order chi connectivity index (χ1) is 7.25. The van der Waals surface area contributed by atoms with Gasteiger partial charge in [0.1, 0.15) is 0 Å². The van der Waals surface area contributed by atoms with Crippen molar-refractivity contribution < 1.29 is 4.21 Å². The molecular weight excluding hydrogens is 206 g/mol. The molecule has 0 aromatic heterocycles. The Morgan fingerprint density at radius 1 is 1.27 bits per heavy atom. The molecule has 1 fully saturated rings. The summed E-state index contributed by atoms with van der Waals surface area (Å²) in [6.45, 7) is 3.11. The predicted octanol–water partition coefficient (Wildman–Crippen LogP) is 1.72. The van der Waals surface area contributed by atoms with Crippen LogP contribution in [0.1, 0.15) is 18.5 Å². The van der Waals surface area contributed by atoms with Gasteiger partial charge in [0, 0.05) is 28.3 Å². The van der Waals surface area contributed by atoms with Crippen molar-refractivity contribution in [3.63, 3.8) is 0 Å². The van der Waals surface area contributed by atoms with Gasteiger partial charge in [-0.05, 0) is 18.0 Å². The Morgan fingerprint density at radius 3 is 2.73 bits per heavy atom. The largest absolute Gasteiger partial charge is 0.309 e. The standard InChI is InChI=1S/C12H17NOS/c1-10-7-13-12(9-15(14)8-10)11-5-3-2-4-6-11/h2-6,10,12-13H,7-9H2,1H3. The third kappa shape index (κ3) is 2.89. The molecule has 0 radical (unpaired) electrons. The van der Waals surface area contributed by atoms with Gasteiger partial charge >= 0.3 is 0 Å². The summed E-state index contributed by atoms with van der Waals surface area (Å²) >= 11 is 0. The fraction of sp³-hybridized carbons (Fsp3) is 0.500. The molecule has 2 nitrogen and oxygen atoms in total. The van der Waals surface area contributed by atoms with Gasteiger partial charge in [-0.15, -0.1) is 0 Å². The topological polar surface area (TPSA) is 29.1 Å². The van der Waals surface area contributed by atoms with E-state index in [1.54, 1.807) is 0 Å². The molecule has 1 aliphatic heterocycles. The van der Waals surface area contributed by atoms with Crippen LogP contribution in [0.3, 0.4) is 0 Å². The molecule has 1 aliphatic rings. The molecule has 3 atom stereocenters. The molecule has 3 unspecified atom stereocenters. The lowest BCUT2D eigenvalue weighted by Crippen LogP contribution is -2.25. The summed E-state index contributed by atoms with van der Waals surface area (Å²) in [5.41, 5.74) is 1.25. The minimum absolute atomic E-state index is 0.261. The Bertz CT molecular complexity index is 339. The minimum atomic E-state index is -0.681. The third-order valence-electron chi connectivity index (χ3n) is 2.74. The van der Waals surface area contributed by atoms with Gasteiger partial charge in [-0.25, -0.2) is 0 Å². The summed E-state index contributed by atoms with van der Waals surface area (Å²) in [5.74, 6) is 2.09. The molecule has 1 aromatic rings. The van der Waals surface area contributed by atoms with E-state index in [0.717, 1.165) is 18.1 Å². The molecular formula is C12H17NOS. The highest BCUT2D eigenvalue weighted by atomic mass is 32.2. The van der Waals surface area contributed by atoms with Gasteiger partial charge in [0.15, 0.2) is 0 Å². The lowest BCUT2D eigenvalue weighted by Gasteiger charge is -2.15. The van der Waals surface area contributed by atoms with Crippen LogP contribution in [0.15, 0.2) is 30.3 Å². The molecule has 0 saturated carbocycles. The van der Waals surface area contributed by atoms with Crippen LogP contribution in [-0.2, 0) is 10.8 Å². The lowest BCUT2D eigenvalue weighted by atomic mass is 10.1. The minimum Gasteiger partial charge on any atom is -0.309 e. The van der Waals surface area contributed by atoms with E-state index in [2.05, 4.69) is 24.4 Å². The van der Waals surface area contributed by atoms with Crippen LogP contribution in [0.5, 0.6) is 0 Å². The van der Waals surface area contributed by atoms with Gasteiger partial charge in [0.2, 0.25) is 0 Å². The molecule has 3 heteroatoms. The Morgan fingerprint density at radius 2 is 2.00 bits per heavy atom. The third-order valence-corrected chi connectivity index (χ3v) is 4.38. The van der Waals surface area contributed by atoms with Crippen LogP contribution >= 0.6 is 0 Å². The molecule has 82 valence electrons. The Kier molecular flexibility index (Phi) is 3.54.